The van der Waals surface area contributed by atoms with E-state index < -0.39 is 0 Å². The SMILES string of the molecule is COC(=O)N1CCC(Nc2cc(C)nc(C)n2)CC1. The van der Waals surface area contributed by atoms with E-state index in [0.29, 0.717) is 19.1 Å². The first-order chi connectivity index (χ1) is 9.08. The van der Waals surface area contributed by atoms with Crippen LogP contribution in [-0.2, 0) is 4.74 Å². The minimum absolute atomic E-state index is 0.243. The molecule has 0 atom stereocenters. The molecule has 6 heteroatoms. The number of nitrogens with zero attached hydrogens (tertiary/aromatic N) is 3. The van der Waals surface area contributed by atoms with E-state index in [0.717, 1.165) is 30.2 Å². The zero-order chi connectivity index (χ0) is 13.8. The summed E-state index contributed by atoms with van der Waals surface area (Å²) in [5.74, 6) is 1.64. The molecule has 2 rings (SSSR count). The number of aryl methyl sites for hydroxylation is 2. The van der Waals surface area contributed by atoms with E-state index in [2.05, 4.69) is 15.3 Å². The Labute approximate surface area is 113 Å². The molecule has 0 aromatic carbocycles. The smallest absolute Gasteiger partial charge is 0.409 e. The highest BCUT2D eigenvalue weighted by atomic mass is 16.5. The lowest BCUT2D eigenvalue weighted by Crippen LogP contribution is -2.42. The van der Waals surface area contributed by atoms with Gasteiger partial charge in [-0.25, -0.2) is 14.8 Å². The predicted octanol–water partition coefficient (Wildman–Crippen LogP) is 1.74. The van der Waals surface area contributed by atoms with Gasteiger partial charge in [0.2, 0.25) is 0 Å². The molecule has 1 aliphatic heterocycles. The van der Waals surface area contributed by atoms with Crippen molar-refractivity contribution in [2.24, 2.45) is 0 Å². The van der Waals surface area contributed by atoms with Crippen LogP contribution in [0, 0.1) is 13.8 Å². The van der Waals surface area contributed by atoms with Crippen molar-refractivity contribution in [2.45, 2.75) is 32.7 Å². The number of carbonyl (C=O) groups excluding carboxylic acids is 1. The number of methoxy groups -OCH3 is 1. The standard InChI is InChI=1S/C13H20N4O2/c1-9-8-12(15-10(2)14-9)16-11-4-6-17(7-5-11)13(18)19-3/h8,11H,4-7H2,1-3H3,(H,14,15,16). The first kappa shape index (κ1) is 13.6. The molecular formula is C13H20N4O2. The van der Waals surface area contributed by atoms with E-state index >= 15 is 0 Å². The van der Waals surface area contributed by atoms with Crippen LogP contribution in [0.1, 0.15) is 24.4 Å². The summed E-state index contributed by atoms with van der Waals surface area (Å²) in [5.41, 5.74) is 0.960. The molecule has 2 heterocycles. The highest BCUT2D eigenvalue weighted by Crippen LogP contribution is 2.16. The fraction of sp³-hybridized carbons (Fsp3) is 0.615. The van der Waals surface area contributed by atoms with Gasteiger partial charge in [0, 0.05) is 30.9 Å². The molecule has 1 saturated heterocycles. The van der Waals surface area contributed by atoms with Crippen molar-refractivity contribution in [3.8, 4) is 0 Å². The molecule has 0 bridgehead atoms. The van der Waals surface area contributed by atoms with Crippen LogP contribution in [0.3, 0.4) is 0 Å². The molecule has 1 amide bonds. The first-order valence-electron chi connectivity index (χ1n) is 6.50. The largest absolute Gasteiger partial charge is 0.453 e. The minimum atomic E-state index is -0.243. The summed E-state index contributed by atoms with van der Waals surface area (Å²) in [6.45, 7) is 5.28. The molecule has 0 aliphatic carbocycles. The Morgan fingerprint density at radius 1 is 1.37 bits per heavy atom. The van der Waals surface area contributed by atoms with Gasteiger partial charge in [0.05, 0.1) is 7.11 Å². The van der Waals surface area contributed by atoms with Crippen LogP contribution in [0.15, 0.2) is 6.07 Å². The quantitative estimate of drug-likeness (QED) is 0.881. The van der Waals surface area contributed by atoms with Gasteiger partial charge >= 0.3 is 6.09 Å². The van der Waals surface area contributed by atoms with Crippen LogP contribution >= 0.6 is 0 Å². The lowest BCUT2D eigenvalue weighted by Gasteiger charge is -2.31. The molecule has 6 nitrogen and oxygen atoms in total. The Kier molecular flexibility index (Phi) is 4.19. The maximum atomic E-state index is 11.4. The molecule has 1 fully saturated rings. The lowest BCUT2D eigenvalue weighted by molar-refractivity contribution is 0.113. The second-order valence-corrected chi connectivity index (χ2v) is 4.82. The Bertz CT molecular complexity index is 436. The van der Waals surface area contributed by atoms with E-state index in [9.17, 15) is 4.79 Å². The Hall–Kier alpha value is -1.85. The van der Waals surface area contributed by atoms with Crippen LogP contribution in [0.4, 0.5) is 10.6 Å². The van der Waals surface area contributed by atoms with Crippen molar-refractivity contribution in [1.82, 2.24) is 14.9 Å². The third kappa shape index (κ3) is 3.56. The highest BCUT2D eigenvalue weighted by Gasteiger charge is 2.23. The number of amides is 1. The molecule has 19 heavy (non-hydrogen) atoms. The van der Waals surface area contributed by atoms with Crippen molar-refractivity contribution in [3.05, 3.63) is 17.6 Å². The number of hydrogen-bond donors (Lipinski definition) is 1. The average Bonchev–Trinajstić information content (AvgIpc) is 2.37. The number of carbonyl (C=O) groups is 1. The van der Waals surface area contributed by atoms with Crippen LogP contribution in [0.5, 0.6) is 0 Å². The van der Waals surface area contributed by atoms with E-state index in [1.165, 1.54) is 7.11 Å². The molecule has 1 aromatic rings. The normalized spacial score (nSPS) is 16.3. The third-order valence-electron chi connectivity index (χ3n) is 3.25. The fourth-order valence-corrected chi connectivity index (χ4v) is 2.34. The molecule has 104 valence electrons. The number of ether oxygens (including phenoxy) is 1. The number of rotatable bonds is 2. The summed E-state index contributed by atoms with van der Waals surface area (Å²) in [6, 6.07) is 2.29. The van der Waals surface area contributed by atoms with E-state index in [-0.39, 0.29) is 6.09 Å². The van der Waals surface area contributed by atoms with Gasteiger partial charge in [-0.1, -0.05) is 0 Å². The lowest BCUT2D eigenvalue weighted by atomic mass is 10.1. The third-order valence-corrected chi connectivity index (χ3v) is 3.25. The predicted molar refractivity (Wildman–Crippen MR) is 72.1 cm³/mol. The van der Waals surface area contributed by atoms with E-state index in [1.807, 2.05) is 19.9 Å². The molecule has 0 saturated carbocycles. The second-order valence-electron chi connectivity index (χ2n) is 4.82. The number of likely N-dealkylation sites (tertiary alicyclic amines) is 1. The van der Waals surface area contributed by atoms with Crippen molar-refractivity contribution in [3.63, 3.8) is 0 Å². The molecule has 0 spiro atoms. The summed E-state index contributed by atoms with van der Waals surface area (Å²) in [6.07, 6.45) is 1.56. The van der Waals surface area contributed by atoms with Crippen molar-refractivity contribution >= 4 is 11.9 Å². The molecule has 1 aromatic heterocycles. The molecular weight excluding hydrogens is 244 g/mol. The molecule has 0 unspecified atom stereocenters. The Morgan fingerprint density at radius 2 is 2.05 bits per heavy atom. The topological polar surface area (TPSA) is 67.3 Å². The Balaban J connectivity index is 1.90. The maximum absolute atomic E-state index is 11.4. The van der Waals surface area contributed by atoms with Gasteiger partial charge in [0.15, 0.2) is 0 Å². The monoisotopic (exact) mass is 264 g/mol. The van der Waals surface area contributed by atoms with Crippen molar-refractivity contribution in [2.75, 3.05) is 25.5 Å². The average molecular weight is 264 g/mol. The van der Waals surface area contributed by atoms with Gasteiger partial charge in [0.1, 0.15) is 11.6 Å². The van der Waals surface area contributed by atoms with Gasteiger partial charge in [0.25, 0.3) is 0 Å². The maximum Gasteiger partial charge on any atom is 0.409 e. The van der Waals surface area contributed by atoms with Gasteiger partial charge < -0.3 is 15.0 Å². The summed E-state index contributed by atoms with van der Waals surface area (Å²) in [4.78, 5) is 21.7. The number of nitrogens with one attached hydrogen (secondary N) is 1. The van der Waals surface area contributed by atoms with Crippen LogP contribution in [-0.4, -0.2) is 47.2 Å². The van der Waals surface area contributed by atoms with Gasteiger partial charge in [-0.2, -0.15) is 0 Å². The second kappa shape index (κ2) is 5.86. The number of hydrogen-bond acceptors (Lipinski definition) is 5. The number of piperidine rings is 1. The van der Waals surface area contributed by atoms with Crippen LogP contribution in [0.25, 0.3) is 0 Å². The van der Waals surface area contributed by atoms with E-state index in [4.69, 9.17) is 4.74 Å². The van der Waals surface area contributed by atoms with Crippen molar-refractivity contribution in [1.29, 1.82) is 0 Å². The molecule has 1 aliphatic rings. The first-order valence-corrected chi connectivity index (χ1v) is 6.50. The number of anilines is 1. The Morgan fingerprint density at radius 3 is 2.63 bits per heavy atom. The van der Waals surface area contributed by atoms with Gasteiger partial charge in [-0.15, -0.1) is 0 Å². The molecule has 1 N–H and O–H groups in total. The number of aromatic nitrogens is 2. The van der Waals surface area contributed by atoms with Crippen LogP contribution in [0.2, 0.25) is 0 Å². The minimum Gasteiger partial charge on any atom is -0.453 e. The fourth-order valence-electron chi connectivity index (χ4n) is 2.34. The summed E-state index contributed by atoms with van der Waals surface area (Å²) in [7, 11) is 1.42. The zero-order valence-corrected chi connectivity index (χ0v) is 11.6. The van der Waals surface area contributed by atoms with Crippen molar-refractivity contribution < 1.29 is 9.53 Å². The van der Waals surface area contributed by atoms with Gasteiger partial charge in [-0.05, 0) is 26.7 Å². The molecule has 0 radical (unpaired) electrons. The summed E-state index contributed by atoms with van der Waals surface area (Å²) < 4.78 is 4.72. The van der Waals surface area contributed by atoms with Crippen LogP contribution < -0.4 is 5.32 Å². The van der Waals surface area contributed by atoms with E-state index in [1.54, 1.807) is 4.90 Å². The van der Waals surface area contributed by atoms with Gasteiger partial charge in [-0.3, -0.25) is 0 Å². The zero-order valence-electron chi connectivity index (χ0n) is 11.6. The highest BCUT2D eigenvalue weighted by molar-refractivity contribution is 5.67. The summed E-state index contributed by atoms with van der Waals surface area (Å²) >= 11 is 0. The summed E-state index contributed by atoms with van der Waals surface area (Å²) in [5, 5.41) is 3.41.